The Hall–Kier alpha value is -1.00. The zero-order chi connectivity index (χ0) is 12.8. The first-order chi connectivity index (χ1) is 8.04. The molecule has 0 aliphatic heterocycles. The van der Waals surface area contributed by atoms with Gasteiger partial charge >= 0.3 is 0 Å². The number of hydrogen-bond donors (Lipinski definition) is 3. The third kappa shape index (κ3) is 4.40. The Morgan fingerprint density at radius 1 is 1.53 bits per heavy atom. The van der Waals surface area contributed by atoms with Gasteiger partial charge in [0.05, 0.1) is 16.4 Å². The Balaban J connectivity index is 2.44. The molecule has 0 radical (unpaired) electrons. The fourth-order valence-electron chi connectivity index (χ4n) is 1.48. The second-order valence-electron chi connectivity index (χ2n) is 4.21. The molecule has 0 saturated carbocycles. The molecule has 0 aliphatic rings. The zero-order valence-electron chi connectivity index (χ0n) is 9.84. The molecule has 1 atom stereocenters. The molecule has 4 N–H and O–H groups in total. The minimum absolute atomic E-state index is 0.0296. The van der Waals surface area contributed by atoms with Gasteiger partial charge in [-0.15, -0.1) is 0 Å². The molecule has 1 rings (SSSR count). The van der Waals surface area contributed by atoms with Gasteiger partial charge in [0.15, 0.2) is 0 Å². The lowest BCUT2D eigenvalue weighted by molar-refractivity contribution is 0.229. The average molecular weight is 261 g/mol. The average Bonchev–Trinajstić information content (AvgIpc) is 2.30. The molecule has 17 heavy (non-hydrogen) atoms. The van der Waals surface area contributed by atoms with Gasteiger partial charge in [0.25, 0.3) is 0 Å². The van der Waals surface area contributed by atoms with Gasteiger partial charge in [-0.1, -0.05) is 18.5 Å². The van der Waals surface area contributed by atoms with E-state index in [0.717, 1.165) is 12.8 Å². The smallest absolute Gasteiger partial charge is 0.143 e. The van der Waals surface area contributed by atoms with E-state index < -0.39 is 5.82 Å². The number of hydrogen-bond acceptors (Lipinski definition) is 3. The van der Waals surface area contributed by atoms with E-state index in [0.29, 0.717) is 17.9 Å². The molecule has 0 aromatic heterocycles. The number of nitrogen functional groups attached to an aromatic ring is 1. The first kappa shape index (κ1) is 14.1. The van der Waals surface area contributed by atoms with Crippen LogP contribution in [-0.4, -0.2) is 18.3 Å². The van der Waals surface area contributed by atoms with Crippen molar-refractivity contribution in [2.75, 3.05) is 24.2 Å². The Bertz CT molecular complexity index is 374. The molecule has 0 aliphatic carbocycles. The maximum absolute atomic E-state index is 13.2. The number of rotatable bonds is 6. The molecular weight excluding hydrogens is 243 g/mol. The molecule has 5 heteroatoms. The number of aliphatic hydroxyl groups is 1. The Kier molecular flexibility index (Phi) is 5.51. The second-order valence-corrected chi connectivity index (χ2v) is 4.62. The van der Waals surface area contributed by atoms with Crippen molar-refractivity contribution >= 4 is 23.0 Å². The van der Waals surface area contributed by atoms with Crippen LogP contribution in [0.15, 0.2) is 12.1 Å². The van der Waals surface area contributed by atoms with Crippen LogP contribution < -0.4 is 11.1 Å². The van der Waals surface area contributed by atoms with E-state index in [1.807, 2.05) is 6.92 Å². The van der Waals surface area contributed by atoms with Crippen molar-refractivity contribution in [3.8, 4) is 0 Å². The normalized spacial score (nSPS) is 12.5. The predicted octanol–water partition coefficient (Wildman–Crippen LogP) is 2.88. The first-order valence-electron chi connectivity index (χ1n) is 5.63. The summed E-state index contributed by atoms with van der Waals surface area (Å²) in [6.07, 6.45) is 1.81. The van der Waals surface area contributed by atoms with Gasteiger partial charge in [-0.25, -0.2) is 4.39 Å². The van der Waals surface area contributed by atoms with Crippen molar-refractivity contribution in [2.45, 2.75) is 19.8 Å². The van der Waals surface area contributed by atoms with E-state index >= 15 is 0 Å². The Labute approximate surface area is 106 Å². The zero-order valence-corrected chi connectivity index (χ0v) is 10.6. The highest BCUT2D eigenvalue weighted by Gasteiger charge is 2.06. The SMILES string of the molecule is CC(CO)CCCNc1cc(F)c(Cl)cc1N. The molecule has 1 unspecified atom stereocenters. The predicted molar refractivity (Wildman–Crippen MR) is 69.8 cm³/mol. The lowest BCUT2D eigenvalue weighted by Gasteiger charge is -2.11. The Morgan fingerprint density at radius 2 is 2.24 bits per heavy atom. The van der Waals surface area contributed by atoms with Crippen LogP contribution in [-0.2, 0) is 0 Å². The van der Waals surface area contributed by atoms with Crippen LogP contribution in [0.2, 0.25) is 5.02 Å². The maximum Gasteiger partial charge on any atom is 0.143 e. The monoisotopic (exact) mass is 260 g/mol. The van der Waals surface area contributed by atoms with Crippen molar-refractivity contribution in [3.05, 3.63) is 23.0 Å². The number of anilines is 2. The van der Waals surface area contributed by atoms with Crippen molar-refractivity contribution < 1.29 is 9.50 Å². The van der Waals surface area contributed by atoms with Gasteiger partial charge in [0, 0.05) is 19.2 Å². The van der Waals surface area contributed by atoms with Crippen LogP contribution in [0.4, 0.5) is 15.8 Å². The van der Waals surface area contributed by atoms with Gasteiger partial charge < -0.3 is 16.2 Å². The summed E-state index contributed by atoms with van der Waals surface area (Å²) in [5, 5.41) is 11.9. The molecule has 96 valence electrons. The minimum atomic E-state index is -0.480. The van der Waals surface area contributed by atoms with Crippen LogP contribution in [0, 0.1) is 11.7 Å². The summed E-state index contributed by atoms with van der Waals surface area (Å²) in [5.74, 6) is -0.191. The van der Waals surface area contributed by atoms with E-state index in [2.05, 4.69) is 5.32 Å². The fraction of sp³-hybridized carbons (Fsp3) is 0.500. The van der Waals surface area contributed by atoms with Crippen LogP contribution in [0.1, 0.15) is 19.8 Å². The summed E-state index contributed by atoms with van der Waals surface area (Å²) < 4.78 is 13.2. The van der Waals surface area contributed by atoms with E-state index in [9.17, 15) is 4.39 Å². The van der Waals surface area contributed by atoms with Crippen LogP contribution in [0.25, 0.3) is 0 Å². The molecule has 0 bridgehead atoms. The molecule has 0 saturated heterocycles. The highest BCUT2D eigenvalue weighted by Crippen LogP contribution is 2.26. The largest absolute Gasteiger partial charge is 0.397 e. The van der Waals surface area contributed by atoms with Gasteiger partial charge in [0.1, 0.15) is 5.82 Å². The van der Waals surface area contributed by atoms with Crippen LogP contribution >= 0.6 is 11.6 Å². The quantitative estimate of drug-likeness (QED) is 0.545. The number of aliphatic hydroxyl groups excluding tert-OH is 1. The van der Waals surface area contributed by atoms with Gasteiger partial charge in [0.2, 0.25) is 0 Å². The van der Waals surface area contributed by atoms with Crippen LogP contribution in [0.5, 0.6) is 0 Å². The summed E-state index contributed by atoms with van der Waals surface area (Å²) >= 11 is 5.60. The summed E-state index contributed by atoms with van der Waals surface area (Å²) in [7, 11) is 0. The van der Waals surface area contributed by atoms with Crippen molar-refractivity contribution in [1.82, 2.24) is 0 Å². The molecule has 3 nitrogen and oxygen atoms in total. The van der Waals surface area contributed by atoms with Crippen LogP contribution in [0.3, 0.4) is 0 Å². The summed E-state index contributed by atoms with van der Waals surface area (Å²) in [6, 6.07) is 2.70. The van der Waals surface area contributed by atoms with E-state index in [1.165, 1.54) is 12.1 Å². The van der Waals surface area contributed by atoms with Gasteiger partial charge in [-0.05, 0) is 24.8 Å². The second kappa shape index (κ2) is 6.67. The lowest BCUT2D eigenvalue weighted by Crippen LogP contribution is -2.08. The van der Waals surface area contributed by atoms with Gasteiger partial charge in [-0.3, -0.25) is 0 Å². The summed E-state index contributed by atoms with van der Waals surface area (Å²) in [5.41, 5.74) is 6.70. The number of nitrogens with one attached hydrogen (secondary N) is 1. The number of benzene rings is 1. The number of halogens is 2. The standard InChI is InChI=1S/C12H18ClFN2O/c1-8(7-17)3-2-4-16-12-6-10(14)9(13)5-11(12)15/h5-6,8,16-17H,2-4,7,15H2,1H3. The number of nitrogens with two attached hydrogens (primary N) is 1. The molecule has 0 heterocycles. The van der Waals surface area contributed by atoms with E-state index in [4.69, 9.17) is 22.4 Å². The highest BCUT2D eigenvalue weighted by molar-refractivity contribution is 6.31. The van der Waals surface area contributed by atoms with Gasteiger partial charge in [-0.2, -0.15) is 0 Å². The molecule has 0 spiro atoms. The van der Waals surface area contributed by atoms with Crippen molar-refractivity contribution in [3.63, 3.8) is 0 Å². The molecular formula is C12H18ClFN2O. The third-order valence-corrected chi connectivity index (χ3v) is 2.88. The molecule has 0 amide bonds. The lowest BCUT2D eigenvalue weighted by atomic mass is 10.1. The fourth-order valence-corrected chi connectivity index (χ4v) is 1.65. The molecule has 1 aromatic carbocycles. The highest BCUT2D eigenvalue weighted by atomic mass is 35.5. The minimum Gasteiger partial charge on any atom is -0.397 e. The molecule has 0 fully saturated rings. The Morgan fingerprint density at radius 3 is 2.88 bits per heavy atom. The summed E-state index contributed by atoms with van der Waals surface area (Å²) in [4.78, 5) is 0. The maximum atomic E-state index is 13.2. The van der Waals surface area contributed by atoms with E-state index in [-0.39, 0.29) is 17.5 Å². The van der Waals surface area contributed by atoms with Crippen molar-refractivity contribution in [2.24, 2.45) is 5.92 Å². The van der Waals surface area contributed by atoms with Crippen molar-refractivity contribution in [1.29, 1.82) is 0 Å². The first-order valence-corrected chi connectivity index (χ1v) is 6.01. The topological polar surface area (TPSA) is 58.3 Å². The summed E-state index contributed by atoms with van der Waals surface area (Å²) in [6.45, 7) is 2.86. The molecule has 1 aromatic rings. The third-order valence-electron chi connectivity index (χ3n) is 2.59. The van der Waals surface area contributed by atoms with E-state index in [1.54, 1.807) is 0 Å².